The quantitative estimate of drug-likeness (QED) is 0.814. The van der Waals surface area contributed by atoms with Gasteiger partial charge in [-0.1, -0.05) is 23.7 Å². The Kier molecular flexibility index (Phi) is 5.44. The Morgan fingerprint density at radius 1 is 1.12 bits per heavy atom. The van der Waals surface area contributed by atoms with E-state index in [1.165, 1.54) is 38.5 Å². The molecule has 25 heavy (non-hydrogen) atoms. The maximum atomic E-state index is 12.7. The first-order valence-corrected chi connectivity index (χ1v) is 8.82. The Morgan fingerprint density at radius 3 is 2.32 bits per heavy atom. The first kappa shape index (κ1) is 18.9. The van der Waals surface area contributed by atoms with Gasteiger partial charge >= 0.3 is 0 Å². The standard InChI is InChI=1S/C16H16ClNO6S/c1-9-4-5-10(16(19)20)6-15(9)25(21,22)18-12-8-13(23-2)11(17)7-14(12)24-3/h4-8,18H,1-3H3,(H,19,20)/p-1. The molecule has 0 aliphatic heterocycles. The van der Waals surface area contributed by atoms with E-state index in [9.17, 15) is 18.3 Å². The molecule has 0 radical (unpaired) electrons. The van der Waals surface area contributed by atoms with Crippen molar-refractivity contribution in [2.75, 3.05) is 18.9 Å². The SMILES string of the molecule is COc1cc(NS(=O)(=O)c2cc(C(=O)[O-])ccc2C)c(OC)cc1Cl. The van der Waals surface area contributed by atoms with Gasteiger partial charge in [0.2, 0.25) is 0 Å². The summed E-state index contributed by atoms with van der Waals surface area (Å²) in [6, 6.07) is 6.47. The maximum Gasteiger partial charge on any atom is 0.262 e. The number of carboxylic acids is 1. The van der Waals surface area contributed by atoms with E-state index in [1.807, 2.05) is 0 Å². The zero-order valence-electron chi connectivity index (χ0n) is 13.6. The zero-order chi connectivity index (χ0) is 18.8. The number of carboxylic acid groups (broad SMARTS) is 1. The number of ether oxygens (including phenoxy) is 2. The van der Waals surface area contributed by atoms with Gasteiger partial charge in [0.05, 0.1) is 35.8 Å². The van der Waals surface area contributed by atoms with E-state index >= 15 is 0 Å². The summed E-state index contributed by atoms with van der Waals surface area (Å²) in [7, 11) is -1.34. The van der Waals surface area contributed by atoms with Crippen LogP contribution in [-0.2, 0) is 10.0 Å². The van der Waals surface area contributed by atoms with Crippen molar-refractivity contribution in [3.05, 3.63) is 46.5 Å². The smallest absolute Gasteiger partial charge is 0.262 e. The topological polar surface area (TPSA) is 105 Å². The number of hydrogen-bond donors (Lipinski definition) is 1. The van der Waals surface area contributed by atoms with Gasteiger partial charge in [-0.15, -0.1) is 0 Å². The fraction of sp³-hybridized carbons (Fsp3) is 0.188. The summed E-state index contributed by atoms with van der Waals surface area (Å²) in [4.78, 5) is 10.8. The molecule has 2 aromatic rings. The molecule has 0 aliphatic carbocycles. The molecule has 2 aromatic carbocycles. The van der Waals surface area contributed by atoms with E-state index in [2.05, 4.69) is 4.72 Å². The Hall–Kier alpha value is -2.45. The third-order valence-electron chi connectivity index (χ3n) is 3.43. The normalized spacial score (nSPS) is 11.0. The highest BCUT2D eigenvalue weighted by Gasteiger charge is 2.21. The fourth-order valence-corrected chi connectivity index (χ4v) is 3.72. The molecule has 2 rings (SSSR count). The van der Waals surface area contributed by atoms with E-state index in [4.69, 9.17) is 21.1 Å². The predicted molar refractivity (Wildman–Crippen MR) is 90.9 cm³/mol. The van der Waals surface area contributed by atoms with Crippen LogP contribution in [-0.4, -0.2) is 28.6 Å². The van der Waals surface area contributed by atoms with Crippen molar-refractivity contribution in [1.29, 1.82) is 0 Å². The van der Waals surface area contributed by atoms with E-state index < -0.39 is 16.0 Å². The number of sulfonamides is 1. The molecule has 0 saturated heterocycles. The monoisotopic (exact) mass is 384 g/mol. The average molecular weight is 385 g/mol. The number of aromatic carboxylic acids is 1. The number of rotatable bonds is 6. The molecular weight excluding hydrogens is 370 g/mol. The number of hydrogen-bond acceptors (Lipinski definition) is 6. The minimum atomic E-state index is -4.09. The Labute approximate surface area is 150 Å². The molecule has 1 N–H and O–H groups in total. The van der Waals surface area contributed by atoms with Gasteiger partial charge in [0.25, 0.3) is 10.0 Å². The number of methoxy groups -OCH3 is 2. The number of anilines is 1. The Bertz CT molecular complexity index is 926. The molecule has 0 fully saturated rings. The second-order valence-electron chi connectivity index (χ2n) is 5.06. The van der Waals surface area contributed by atoms with Crippen molar-refractivity contribution >= 4 is 33.3 Å². The van der Waals surface area contributed by atoms with Crippen LogP contribution in [0.4, 0.5) is 5.69 Å². The van der Waals surface area contributed by atoms with Crippen LogP contribution in [0.25, 0.3) is 0 Å². The van der Waals surface area contributed by atoms with Crippen LogP contribution in [0.1, 0.15) is 15.9 Å². The number of carbonyl (C=O) groups excluding carboxylic acids is 1. The Balaban J connectivity index is 2.53. The van der Waals surface area contributed by atoms with E-state index in [0.29, 0.717) is 5.56 Å². The van der Waals surface area contributed by atoms with Gasteiger partial charge in [-0.3, -0.25) is 4.72 Å². The van der Waals surface area contributed by atoms with Gasteiger partial charge in [0.1, 0.15) is 11.5 Å². The summed E-state index contributed by atoms with van der Waals surface area (Å²) in [6.07, 6.45) is 0. The summed E-state index contributed by atoms with van der Waals surface area (Å²) >= 11 is 5.99. The molecular formula is C16H15ClNO6S-. The van der Waals surface area contributed by atoms with E-state index in [-0.39, 0.29) is 32.7 Å². The number of benzene rings is 2. The van der Waals surface area contributed by atoms with Crippen molar-refractivity contribution in [1.82, 2.24) is 0 Å². The average Bonchev–Trinajstić information content (AvgIpc) is 2.55. The highest BCUT2D eigenvalue weighted by atomic mass is 35.5. The van der Waals surface area contributed by atoms with Crippen LogP contribution < -0.4 is 19.3 Å². The third kappa shape index (κ3) is 3.97. The second kappa shape index (κ2) is 7.20. The van der Waals surface area contributed by atoms with Gasteiger partial charge in [0, 0.05) is 12.1 Å². The van der Waals surface area contributed by atoms with Gasteiger partial charge < -0.3 is 19.4 Å². The molecule has 0 amide bonds. The Morgan fingerprint density at radius 2 is 1.76 bits per heavy atom. The van der Waals surface area contributed by atoms with Crippen molar-refractivity contribution in [3.8, 4) is 11.5 Å². The minimum absolute atomic E-state index is 0.0991. The second-order valence-corrected chi connectivity index (χ2v) is 7.12. The van der Waals surface area contributed by atoms with Gasteiger partial charge in [0.15, 0.2) is 0 Å². The van der Waals surface area contributed by atoms with Gasteiger partial charge in [-0.2, -0.15) is 0 Å². The lowest BCUT2D eigenvalue weighted by molar-refractivity contribution is -0.255. The van der Waals surface area contributed by atoms with Crippen LogP contribution in [0, 0.1) is 6.92 Å². The summed E-state index contributed by atoms with van der Waals surface area (Å²) < 4.78 is 38.0. The van der Waals surface area contributed by atoms with Crippen LogP contribution in [0.3, 0.4) is 0 Å². The summed E-state index contributed by atoms with van der Waals surface area (Å²) in [6.45, 7) is 1.55. The summed E-state index contributed by atoms with van der Waals surface area (Å²) in [5.41, 5.74) is 0.228. The molecule has 9 heteroatoms. The van der Waals surface area contributed by atoms with Crippen molar-refractivity contribution < 1.29 is 27.8 Å². The van der Waals surface area contributed by atoms with Gasteiger partial charge in [-0.25, -0.2) is 8.42 Å². The molecule has 0 atom stereocenters. The lowest BCUT2D eigenvalue weighted by Crippen LogP contribution is -2.23. The zero-order valence-corrected chi connectivity index (χ0v) is 15.2. The van der Waals surface area contributed by atoms with E-state index in [0.717, 1.165) is 6.07 Å². The lowest BCUT2D eigenvalue weighted by atomic mass is 10.1. The molecule has 0 spiro atoms. The molecule has 134 valence electrons. The number of aryl methyl sites for hydroxylation is 1. The number of carbonyl (C=O) groups is 1. The largest absolute Gasteiger partial charge is 0.545 e. The summed E-state index contributed by atoms with van der Waals surface area (Å²) in [5, 5.41) is 11.2. The minimum Gasteiger partial charge on any atom is -0.545 e. The van der Waals surface area contributed by atoms with Crippen molar-refractivity contribution in [2.45, 2.75) is 11.8 Å². The molecule has 0 bridgehead atoms. The van der Waals surface area contributed by atoms with E-state index in [1.54, 1.807) is 6.92 Å². The third-order valence-corrected chi connectivity index (χ3v) is 5.23. The van der Waals surface area contributed by atoms with Crippen molar-refractivity contribution in [2.24, 2.45) is 0 Å². The fourth-order valence-electron chi connectivity index (χ4n) is 2.16. The predicted octanol–water partition coefficient (Wildman–Crippen LogP) is 1.83. The molecule has 0 heterocycles. The van der Waals surface area contributed by atoms with Crippen molar-refractivity contribution in [3.63, 3.8) is 0 Å². The maximum absolute atomic E-state index is 12.7. The van der Waals surface area contributed by atoms with Crippen LogP contribution >= 0.6 is 11.6 Å². The first-order valence-electron chi connectivity index (χ1n) is 6.96. The molecule has 0 unspecified atom stereocenters. The lowest BCUT2D eigenvalue weighted by Gasteiger charge is -2.16. The summed E-state index contributed by atoms with van der Waals surface area (Å²) in [5.74, 6) is -1.04. The molecule has 7 nitrogen and oxygen atoms in total. The molecule has 0 aliphatic rings. The van der Waals surface area contributed by atoms with Crippen LogP contribution in [0.15, 0.2) is 35.2 Å². The molecule has 0 aromatic heterocycles. The highest BCUT2D eigenvalue weighted by molar-refractivity contribution is 7.92. The number of halogens is 1. The highest BCUT2D eigenvalue weighted by Crippen LogP contribution is 2.37. The van der Waals surface area contributed by atoms with Crippen LogP contribution in [0.2, 0.25) is 5.02 Å². The molecule has 0 saturated carbocycles. The number of nitrogens with one attached hydrogen (secondary N) is 1. The first-order chi connectivity index (χ1) is 11.7. The van der Waals surface area contributed by atoms with Crippen LogP contribution in [0.5, 0.6) is 11.5 Å². The van der Waals surface area contributed by atoms with Gasteiger partial charge in [-0.05, 0) is 24.1 Å².